The van der Waals surface area contributed by atoms with Crippen molar-refractivity contribution in [3.63, 3.8) is 0 Å². The first-order valence-corrected chi connectivity index (χ1v) is 7.56. The summed E-state index contributed by atoms with van der Waals surface area (Å²) in [5, 5.41) is 6.06. The fourth-order valence-electron chi connectivity index (χ4n) is 2.53. The van der Waals surface area contributed by atoms with Gasteiger partial charge in [0.15, 0.2) is 5.11 Å². The molecule has 3 rings (SSSR count). The average molecular weight is 297 g/mol. The van der Waals surface area contributed by atoms with Crippen LogP contribution in [0.15, 0.2) is 60.7 Å². The highest BCUT2D eigenvalue weighted by Gasteiger charge is 2.35. The van der Waals surface area contributed by atoms with E-state index in [2.05, 4.69) is 41.9 Å². The van der Waals surface area contributed by atoms with Gasteiger partial charge in [0.2, 0.25) is 0 Å². The third kappa shape index (κ3) is 3.23. The van der Waals surface area contributed by atoms with E-state index in [-0.39, 0.29) is 5.66 Å². The van der Waals surface area contributed by atoms with Crippen molar-refractivity contribution in [3.05, 3.63) is 66.2 Å². The Morgan fingerprint density at radius 1 is 1.00 bits per heavy atom. The number of nitrogens with zero attached hydrogens (tertiary/aromatic N) is 1. The molecule has 1 aliphatic heterocycles. The molecule has 0 saturated carbocycles. The standard InChI is InChI=1S/C17H19N3S/c1-17(13-12-14-8-4-2-5-9-14)18-16(21)20(19-17)15-10-6-3-7-11-15/h2-11,19H,12-13H2,1H3,(H,18,21)/t17-/m0/s1. The number of hydrazine groups is 1. The number of rotatable bonds is 4. The van der Waals surface area contributed by atoms with Crippen molar-refractivity contribution in [2.24, 2.45) is 0 Å². The van der Waals surface area contributed by atoms with E-state index >= 15 is 0 Å². The minimum absolute atomic E-state index is 0.219. The van der Waals surface area contributed by atoms with Gasteiger partial charge in [0.25, 0.3) is 0 Å². The number of nitrogens with one attached hydrogen (secondary N) is 2. The monoisotopic (exact) mass is 297 g/mol. The van der Waals surface area contributed by atoms with E-state index in [1.54, 1.807) is 0 Å². The maximum atomic E-state index is 5.45. The van der Waals surface area contributed by atoms with Crippen molar-refractivity contribution >= 4 is 23.0 Å². The Bertz CT molecular complexity index is 614. The zero-order valence-corrected chi connectivity index (χ0v) is 12.9. The molecule has 0 radical (unpaired) electrons. The van der Waals surface area contributed by atoms with E-state index in [9.17, 15) is 0 Å². The Morgan fingerprint density at radius 2 is 1.62 bits per heavy atom. The lowest BCUT2D eigenvalue weighted by molar-refractivity contribution is 0.348. The van der Waals surface area contributed by atoms with Gasteiger partial charge in [0.1, 0.15) is 5.66 Å². The molecule has 1 atom stereocenters. The van der Waals surface area contributed by atoms with Crippen LogP contribution in [-0.4, -0.2) is 10.8 Å². The fourth-order valence-corrected chi connectivity index (χ4v) is 2.91. The molecule has 108 valence electrons. The molecule has 0 aromatic heterocycles. The second-order valence-corrected chi connectivity index (χ2v) is 5.92. The van der Waals surface area contributed by atoms with Crippen molar-refractivity contribution in [3.8, 4) is 0 Å². The van der Waals surface area contributed by atoms with Gasteiger partial charge < -0.3 is 5.32 Å². The van der Waals surface area contributed by atoms with Crippen molar-refractivity contribution < 1.29 is 0 Å². The molecule has 2 N–H and O–H groups in total. The van der Waals surface area contributed by atoms with E-state index in [4.69, 9.17) is 12.2 Å². The third-order valence-corrected chi connectivity index (χ3v) is 4.00. The number of hydrogen-bond acceptors (Lipinski definition) is 2. The maximum absolute atomic E-state index is 5.45. The van der Waals surface area contributed by atoms with E-state index in [1.165, 1.54) is 5.56 Å². The number of para-hydroxylation sites is 1. The average Bonchev–Trinajstić information content (AvgIpc) is 2.83. The van der Waals surface area contributed by atoms with Crippen molar-refractivity contribution in [1.82, 2.24) is 10.7 Å². The quantitative estimate of drug-likeness (QED) is 0.847. The van der Waals surface area contributed by atoms with E-state index in [0.29, 0.717) is 0 Å². The fraction of sp³-hybridized carbons (Fsp3) is 0.235. The number of thiocarbonyl (C=S) groups is 1. The number of anilines is 1. The second-order valence-electron chi connectivity index (χ2n) is 5.53. The molecule has 1 fully saturated rings. The molecule has 3 nitrogen and oxygen atoms in total. The molecule has 1 saturated heterocycles. The van der Waals surface area contributed by atoms with Crippen LogP contribution in [0, 0.1) is 0 Å². The first-order chi connectivity index (χ1) is 10.2. The molecular formula is C17H19N3S. The first kappa shape index (κ1) is 14.0. The van der Waals surface area contributed by atoms with Crippen LogP contribution in [-0.2, 0) is 6.42 Å². The summed E-state index contributed by atoms with van der Waals surface area (Å²) in [7, 11) is 0. The van der Waals surface area contributed by atoms with Crippen molar-refractivity contribution in [1.29, 1.82) is 0 Å². The minimum Gasteiger partial charge on any atom is -0.342 e. The molecule has 0 unspecified atom stereocenters. The SMILES string of the molecule is C[C@]1(CCc2ccccc2)NC(=S)N(c2ccccc2)N1. The molecule has 2 aromatic carbocycles. The maximum Gasteiger partial charge on any atom is 0.189 e. The van der Waals surface area contributed by atoms with Crippen LogP contribution >= 0.6 is 12.2 Å². The predicted molar refractivity (Wildman–Crippen MR) is 91.0 cm³/mol. The second kappa shape index (κ2) is 5.84. The summed E-state index contributed by atoms with van der Waals surface area (Å²) < 4.78 is 0. The minimum atomic E-state index is -0.219. The topological polar surface area (TPSA) is 27.3 Å². The first-order valence-electron chi connectivity index (χ1n) is 7.15. The van der Waals surface area contributed by atoms with Gasteiger partial charge in [-0.05, 0) is 49.7 Å². The van der Waals surface area contributed by atoms with Gasteiger partial charge in [-0.25, -0.2) is 5.43 Å². The molecule has 21 heavy (non-hydrogen) atoms. The predicted octanol–water partition coefficient (Wildman–Crippen LogP) is 3.23. The third-order valence-electron chi connectivity index (χ3n) is 3.72. The Kier molecular flexibility index (Phi) is 3.90. The summed E-state index contributed by atoms with van der Waals surface area (Å²) in [5.74, 6) is 0. The largest absolute Gasteiger partial charge is 0.342 e. The molecule has 0 spiro atoms. The summed E-state index contributed by atoms with van der Waals surface area (Å²) in [6, 6.07) is 20.6. The highest BCUT2D eigenvalue weighted by molar-refractivity contribution is 7.80. The summed E-state index contributed by atoms with van der Waals surface area (Å²) in [5.41, 5.74) is 5.66. The van der Waals surface area contributed by atoms with Gasteiger partial charge in [-0.2, -0.15) is 0 Å². The van der Waals surface area contributed by atoms with Crippen LogP contribution in [0.1, 0.15) is 18.9 Å². The van der Waals surface area contributed by atoms with Crippen LogP contribution in [0.2, 0.25) is 0 Å². The van der Waals surface area contributed by atoms with E-state index < -0.39 is 0 Å². The number of benzene rings is 2. The number of aryl methyl sites for hydroxylation is 1. The lowest BCUT2D eigenvalue weighted by Crippen LogP contribution is -2.48. The molecule has 1 heterocycles. The van der Waals surface area contributed by atoms with Gasteiger partial charge in [-0.15, -0.1) is 0 Å². The van der Waals surface area contributed by atoms with Crippen LogP contribution in [0.5, 0.6) is 0 Å². The molecule has 0 aliphatic carbocycles. The highest BCUT2D eigenvalue weighted by Crippen LogP contribution is 2.22. The van der Waals surface area contributed by atoms with Crippen LogP contribution in [0.25, 0.3) is 0 Å². The van der Waals surface area contributed by atoms with Crippen LogP contribution in [0.3, 0.4) is 0 Å². The Labute approximate surface area is 130 Å². The Balaban J connectivity index is 1.68. The zero-order chi connectivity index (χ0) is 14.7. The molecular weight excluding hydrogens is 278 g/mol. The molecule has 0 bridgehead atoms. The smallest absolute Gasteiger partial charge is 0.189 e. The summed E-state index contributed by atoms with van der Waals surface area (Å²) in [6.45, 7) is 2.14. The highest BCUT2D eigenvalue weighted by atomic mass is 32.1. The lowest BCUT2D eigenvalue weighted by atomic mass is 10.0. The molecule has 2 aromatic rings. The van der Waals surface area contributed by atoms with Gasteiger partial charge in [0, 0.05) is 0 Å². The Morgan fingerprint density at radius 3 is 2.29 bits per heavy atom. The van der Waals surface area contributed by atoms with Crippen molar-refractivity contribution in [2.45, 2.75) is 25.4 Å². The molecule has 0 amide bonds. The van der Waals surface area contributed by atoms with Gasteiger partial charge >= 0.3 is 0 Å². The van der Waals surface area contributed by atoms with Gasteiger partial charge in [-0.3, -0.25) is 5.01 Å². The van der Waals surface area contributed by atoms with E-state index in [0.717, 1.165) is 23.6 Å². The normalized spacial score (nSPS) is 21.4. The van der Waals surface area contributed by atoms with Gasteiger partial charge in [-0.1, -0.05) is 48.5 Å². The summed E-state index contributed by atoms with van der Waals surface area (Å²) in [6.07, 6.45) is 1.96. The van der Waals surface area contributed by atoms with Crippen LogP contribution < -0.4 is 15.8 Å². The van der Waals surface area contributed by atoms with Crippen LogP contribution in [0.4, 0.5) is 5.69 Å². The summed E-state index contributed by atoms with van der Waals surface area (Å²) >= 11 is 5.45. The zero-order valence-electron chi connectivity index (χ0n) is 12.0. The van der Waals surface area contributed by atoms with E-state index in [1.807, 2.05) is 41.4 Å². The Hall–Kier alpha value is -1.91. The summed E-state index contributed by atoms with van der Waals surface area (Å²) in [4.78, 5) is 0. The number of hydrogen-bond donors (Lipinski definition) is 2. The molecule has 4 heteroatoms. The van der Waals surface area contributed by atoms with Gasteiger partial charge in [0.05, 0.1) is 5.69 Å². The van der Waals surface area contributed by atoms with Crippen molar-refractivity contribution in [2.75, 3.05) is 5.01 Å². The lowest BCUT2D eigenvalue weighted by Gasteiger charge is -2.25. The molecule has 1 aliphatic rings.